The molecule has 21 heavy (non-hydrogen) atoms. The molecular weight excluding hydrogens is 266 g/mol. The van der Waals surface area contributed by atoms with Gasteiger partial charge in [-0.1, -0.05) is 29.8 Å². The van der Waals surface area contributed by atoms with Gasteiger partial charge in [0, 0.05) is 25.4 Å². The van der Waals surface area contributed by atoms with E-state index in [2.05, 4.69) is 10.4 Å². The Morgan fingerprint density at radius 2 is 2.00 bits per heavy atom. The number of hydrogen-bond acceptors (Lipinski definition) is 3. The van der Waals surface area contributed by atoms with Gasteiger partial charge in [0.25, 0.3) is 5.56 Å². The van der Waals surface area contributed by atoms with Gasteiger partial charge in [0.05, 0.1) is 6.42 Å². The Bertz CT molecular complexity index is 647. The first-order valence-electron chi connectivity index (χ1n) is 6.99. The molecule has 110 valence electrons. The Kier molecular flexibility index (Phi) is 5.26. The van der Waals surface area contributed by atoms with Crippen molar-refractivity contribution < 1.29 is 4.79 Å². The van der Waals surface area contributed by atoms with Crippen molar-refractivity contribution in [1.29, 1.82) is 0 Å². The summed E-state index contributed by atoms with van der Waals surface area (Å²) in [7, 11) is 0. The van der Waals surface area contributed by atoms with Gasteiger partial charge < -0.3 is 5.32 Å². The molecule has 0 spiro atoms. The van der Waals surface area contributed by atoms with E-state index in [1.807, 2.05) is 31.2 Å². The number of amides is 1. The Morgan fingerprint density at radius 3 is 2.71 bits per heavy atom. The zero-order valence-corrected chi connectivity index (χ0v) is 12.1. The van der Waals surface area contributed by atoms with Crippen LogP contribution in [0.1, 0.15) is 17.5 Å². The smallest absolute Gasteiger partial charge is 0.266 e. The lowest BCUT2D eigenvalue weighted by Crippen LogP contribution is -2.28. The van der Waals surface area contributed by atoms with Crippen LogP contribution in [0.5, 0.6) is 0 Å². The summed E-state index contributed by atoms with van der Waals surface area (Å²) in [6.45, 7) is 3.06. The van der Waals surface area contributed by atoms with Crippen molar-refractivity contribution in [3.05, 3.63) is 64.1 Å². The minimum Gasteiger partial charge on any atom is -0.356 e. The van der Waals surface area contributed by atoms with Crippen molar-refractivity contribution in [3.8, 4) is 0 Å². The summed E-state index contributed by atoms with van der Waals surface area (Å²) in [5.41, 5.74) is 2.06. The molecule has 0 atom stereocenters. The third kappa shape index (κ3) is 4.87. The number of carbonyl (C=O) groups is 1. The molecule has 0 bridgehead atoms. The predicted octanol–water partition coefficient (Wildman–Crippen LogP) is 1.30. The lowest BCUT2D eigenvalue weighted by atomic mass is 10.1. The van der Waals surface area contributed by atoms with Crippen LogP contribution in [0.4, 0.5) is 0 Å². The lowest BCUT2D eigenvalue weighted by Gasteiger charge is -2.06. The maximum Gasteiger partial charge on any atom is 0.266 e. The summed E-state index contributed by atoms with van der Waals surface area (Å²) in [6, 6.07) is 11.0. The van der Waals surface area contributed by atoms with Crippen LogP contribution in [0, 0.1) is 6.92 Å². The van der Waals surface area contributed by atoms with Crippen molar-refractivity contribution >= 4 is 5.91 Å². The number of carbonyl (C=O) groups excluding carboxylic acids is 1. The zero-order chi connectivity index (χ0) is 15.1. The first-order valence-corrected chi connectivity index (χ1v) is 6.99. The Labute approximate surface area is 123 Å². The second-order valence-corrected chi connectivity index (χ2v) is 4.95. The van der Waals surface area contributed by atoms with Crippen molar-refractivity contribution in [3.63, 3.8) is 0 Å². The molecular formula is C16H19N3O2. The number of aromatic nitrogens is 2. The molecule has 5 heteroatoms. The zero-order valence-electron chi connectivity index (χ0n) is 12.1. The Morgan fingerprint density at radius 1 is 1.24 bits per heavy atom. The van der Waals surface area contributed by atoms with Gasteiger partial charge in [0.1, 0.15) is 0 Å². The van der Waals surface area contributed by atoms with Gasteiger partial charge >= 0.3 is 0 Å². The lowest BCUT2D eigenvalue weighted by molar-refractivity contribution is -0.120. The molecule has 1 N–H and O–H groups in total. The number of nitrogens with zero attached hydrogens (tertiary/aromatic N) is 2. The summed E-state index contributed by atoms with van der Waals surface area (Å²) >= 11 is 0. The first kappa shape index (κ1) is 15.0. The normalized spacial score (nSPS) is 10.3. The van der Waals surface area contributed by atoms with E-state index in [1.165, 1.54) is 16.3 Å². The quantitative estimate of drug-likeness (QED) is 0.814. The Hall–Kier alpha value is -2.43. The third-order valence-electron chi connectivity index (χ3n) is 3.14. The van der Waals surface area contributed by atoms with E-state index in [4.69, 9.17) is 0 Å². The maximum atomic E-state index is 11.8. The Balaban J connectivity index is 1.71. The topological polar surface area (TPSA) is 64.0 Å². The molecule has 5 nitrogen and oxygen atoms in total. The van der Waals surface area contributed by atoms with Crippen LogP contribution in [0.2, 0.25) is 0 Å². The SMILES string of the molecule is Cc1ccc(CC(=O)NCCCn2ncccc2=O)cc1. The van der Waals surface area contributed by atoms with Crippen molar-refractivity contribution in [1.82, 2.24) is 15.1 Å². The van der Waals surface area contributed by atoms with E-state index in [0.29, 0.717) is 25.9 Å². The average molecular weight is 285 g/mol. The number of rotatable bonds is 6. The van der Waals surface area contributed by atoms with Gasteiger partial charge in [-0.25, -0.2) is 4.68 Å². The van der Waals surface area contributed by atoms with Crippen LogP contribution in [0.3, 0.4) is 0 Å². The van der Waals surface area contributed by atoms with E-state index in [0.717, 1.165) is 5.56 Å². The molecule has 0 aliphatic heterocycles. The van der Waals surface area contributed by atoms with Gasteiger partial charge in [-0.15, -0.1) is 0 Å². The standard InChI is InChI=1S/C16H19N3O2/c1-13-5-7-14(8-6-13)12-15(20)17-9-3-11-19-16(21)4-2-10-18-19/h2,4-8,10H,3,9,11-12H2,1H3,(H,17,20). The van der Waals surface area contributed by atoms with Crippen LogP contribution < -0.4 is 10.9 Å². The third-order valence-corrected chi connectivity index (χ3v) is 3.14. The van der Waals surface area contributed by atoms with Crippen LogP contribution in [0.25, 0.3) is 0 Å². The van der Waals surface area contributed by atoms with E-state index < -0.39 is 0 Å². The van der Waals surface area contributed by atoms with Gasteiger partial charge in [-0.3, -0.25) is 9.59 Å². The molecule has 1 amide bonds. The van der Waals surface area contributed by atoms with Gasteiger partial charge in [0.2, 0.25) is 5.91 Å². The summed E-state index contributed by atoms with van der Waals surface area (Å²) < 4.78 is 1.39. The fourth-order valence-electron chi connectivity index (χ4n) is 1.97. The molecule has 0 saturated heterocycles. The van der Waals surface area contributed by atoms with Gasteiger partial charge in [0.15, 0.2) is 0 Å². The highest BCUT2D eigenvalue weighted by atomic mass is 16.1. The highest BCUT2D eigenvalue weighted by Gasteiger charge is 2.03. The molecule has 1 heterocycles. The summed E-state index contributed by atoms with van der Waals surface area (Å²) in [4.78, 5) is 23.2. The molecule has 0 aliphatic rings. The number of benzene rings is 1. The van der Waals surface area contributed by atoms with Crippen LogP contribution in [0.15, 0.2) is 47.4 Å². The number of hydrogen-bond donors (Lipinski definition) is 1. The molecule has 0 radical (unpaired) electrons. The molecule has 1 aromatic heterocycles. The second-order valence-electron chi connectivity index (χ2n) is 4.95. The second kappa shape index (κ2) is 7.38. The number of aryl methyl sites for hydroxylation is 2. The molecule has 0 saturated carbocycles. The highest BCUT2D eigenvalue weighted by Crippen LogP contribution is 2.03. The summed E-state index contributed by atoms with van der Waals surface area (Å²) in [6.07, 6.45) is 2.64. The molecule has 0 fully saturated rings. The molecule has 1 aromatic carbocycles. The summed E-state index contributed by atoms with van der Waals surface area (Å²) in [5.74, 6) is -0.00720. The number of nitrogens with one attached hydrogen (secondary N) is 1. The molecule has 2 rings (SSSR count). The first-order chi connectivity index (χ1) is 10.1. The van der Waals surface area contributed by atoms with E-state index >= 15 is 0 Å². The fourth-order valence-corrected chi connectivity index (χ4v) is 1.97. The van der Waals surface area contributed by atoms with Crippen molar-refractivity contribution in [2.75, 3.05) is 6.54 Å². The van der Waals surface area contributed by atoms with E-state index in [9.17, 15) is 9.59 Å². The van der Waals surface area contributed by atoms with Crippen LogP contribution in [-0.4, -0.2) is 22.2 Å². The van der Waals surface area contributed by atoms with E-state index in [1.54, 1.807) is 12.3 Å². The maximum absolute atomic E-state index is 11.8. The molecule has 0 aliphatic carbocycles. The van der Waals surface area contributed by atoms with Gasteiger partial charge in [-0.2, -0.15) is 5.10 Å². The van der Waals surface area contributed by atoms with Gasteiger partial charge in [-0.05, 0) is 25.0 Å². The van der Waals surface area contributed by atoms with Crippen molar-refractivity contribution in [2.24, 2.45) is 0 Å². The average Bonchev–Trinajstić information content (AvgIpc) is 2.48. The minimum absolute atomic E-state index is 0.00720. The molecule has 2 aromatic rings. The van der Waals surface area contributed by atoms with Crippen LogP contribution >= 0.6 is 0 Å². The monoisotopic (exact) mass is 285 g/mol. The van der Waals surface area contributed by atoms with Crippen molar-refractivity contribution in [2.45, 2.75) is 26.3 Å². The predicted molar refractivity (Wildman–Crippen MR) is 81.0 cm³/mol. The minimum atomic E-state index is -0.122. The summed E-state index contributed by atoms with van der Waals surface area (Å²) in [5, 5.41) is 6.82. The highest BCUT2D eigenvalue weighted by molar-refractivity contribution is 5.78. The van der Waals surface area contributed by atoms with Crippen LogP contribution in [-0.2, 0) is 17.8 Å². The molecule has 0 unspecified atom stereocenters. The fraction of sp³-hybridized carbons (Fsp3) is 0.312. The largest absolute Gasteiger partial charge is 0.356 e. The van der Waals surface area contributed by atoms with E-state index in [-0.39, 0.29) is 11.5 Å².